The molecule has 1 aromatic carbocycles. The number of aliphatic hydroxyl groups is 1. The fourth-order valence-corrected chi connectivity index (χ4v) is 3.90. The van der Waals surface area contributed by atoms with E-state index in [0.29, 0.717) is 24.3 Å². The molecule has 166 valence electrons. The Morgan fingerprint density at radius 3 is 2.88 bits per heavy atom. The SMILES string of the molecule is O=C(O)COc1cccc(C(=O)NCC2(O)CCCN(c3ccnc4cccnc34)C2)c1. The number of piperidine rings is 1. The van der Waals surface area contributed by atoms with Crippen LogP contribution in [-0.2, 0) is 4.79 Å². The Labute approximate surface area is 184 Å². The number of aliphatic carboxylic acids is 1. The van der Waals surface area contributed by atoms with E-state index in [1.165, 1.54) is 6.07 Å². The number of carbonyl (C=O) groups excluding carboxylic acids is 1. The number of fused-ring (bicyclic) bond motifs is 1. The molecule has 3 heterocycles. The third-order valence-corrected chi connectivity index (χ3v) is 5.41. The molecule has 1 unspecified atom stereocenters. The first-order chi connectivity index (χ1) is 15.4. The number of carboxylic acid groups (broad SMARTS) is 1. The van der Waals surface area contributed by atoms with Gasteiger partial charge in [0.2, 0.25) is 0 Å². The highest BCUT2D eigenvalue weighted by molar-refractivity contribution is 5.94. The Morgan fingerprint density at radius 2 is 2.03 bits per heavy atom. The Kier molecular flexibility index (Phi) is 6.18. The molecule has 0 bridgehead atoms. The first kappa shape index (κ1) is 21.5. The molecule has 32 heavy (non-hydrogen) atoms. The molecule has 1 atom stereocenters. The molecule has 2 aromatic heterocycles. The molecule has 1 fully saturated rings. The van der Waals surface area contributed by atoms with Crippen LogP contribution >= 0.6 is 0 Å². The predicted molar refractivity (Wildman–Crippen MR) is 118 cm³/mol. The summed E-state index contributed by atoms with van der Waals surface area (Å²) in [6.07, 6.45) is 4.77. The van der Waals surface area contributed by atoms with Crippen LogP contribution < -0.4 is 15.0 Å². The highest BCUT2D eigenvalue weighted by Crippen LogP contribution is 2.29. The zero-order valence-corrected chi connectivity index (χ0v) is 17.4. The maximum atomic E-state index is 12.6. The number of benzene rings is 1. The van der Waals surface area contributed by atoms with Gasteiger partial charge in [0.15, 0.2) is 6.61 Å². The van der Waals surface area contributed by atoms with Crippen molar-refractivity contribution in [1.29, 1.82) is 0 Å². The highest BCUT2D eigenvalue weighted by Gasteiger charge is 2.34. The van der Waals surface area contributed by atoms with E-state index in [4.69, 9.17) is 9.84 Å². The van der Waals surface area contributed by atoms with E-state index in [-0.39, 0.29) is 12.5 Å². The van der Waals surface area contributed by atoms with Gasteiger partial charge in [-0.3, -0.25) is 14.8 Å². The van der Waals surface area contributed by atoms with Crippen LogP contribution in [0.5, 0.6) is 5.75 Å². The number of pyridine rings is 2. The van der Waals surface area contributed by atoms with Gasteiger partial charge in [0, 0.05) is 37.6 Å². The van der Waals surface area contributed by atoms with E-state index in [2.05, 4.69) is 20.2 Å². The monoisotopic (exact) mass is 436 g/mol. The maximum absolute atomic E-state index is 12.6. The number of carboxylic acids is 1. The lowest BCUT2D eigenvalue weighted by Crippen LogP contribution is -2.54. The lowest BCUT2D eigenvalue weighted by Gasteiger charge is -2.40. The second-order valence-electron chi connectivity index (χ2n) is 7.84. The minimum Gasteiger partial charge on any atom is -0.482 e. The molecule has 0 radical (unpaired) electrons. The van der Waals surface area contributed by atoms with Crippen LogP contribution in [0, 0.1) is 0 Å². The molecule has 1 aliphatic rings. The van der Waals surface area contributed by atoms with Gasteiger partial charge in [0.1, 0.15) is 11.3 Å². The van der Waals surface area contributed by atoms with E-state index in [0.717, 1.165) is 29.7 Å². The second kappa shape index (κ2) is 9.19. The fraction of sp³-hybridized carbons (Fsp3) is 0.304. The molecule has 3 N–H and O–H groups in total. The topological polar surface area (TPSA) is 125 Å². The van der Waals surface area contributed by atoms with Crippen LogP contribution in [0.1, 0.15) is 23.2 Å². The number of rotatable bonds is 7. The van der Waals surface area contributed by atoms with E-state index in [1.54, 1.807) is 30.6 Å². The van der Waals surface area contributed by atoms with Gasteiger partial charge >= 0.3 is 5.97 Å². The molecular weight excluding hydrogens is 412 g/mol. The van der Waals surface area contributed by atoms with Crippen molar-refractivity contribution in [3.8, 4) is 5.75 Å². The maximum Gasteiger partial charge on any atom is 0.341 e. The van der Waals surface area contributed by atoms with Crippen molar-refractivity contribution in [2.75, 3.05) is 31.1 Å². The number of aromatic nitrogens is 2. The van der Waals surface area contributed by atoms with Crippen molar-refractivity contribution in [2.45, 2.75) is 18.4 Å². The van der Waals surface area contributed by atoms with Crippen molar-refractivity contribution in [2.24, 2.45) is 0 Å². The molecule has 0 aliphatic carbocycles. The van der Waals surface area contributed by atoms with Crippen molar-refractivity contribution >= 4 is 28.6 Å². The van der Waals surface area contributed by atoms with Gasteiger partial charge in [0.25, 0.3) is 5.91 Å². The number of ether oxygens (including phenoxy) is 1. The zero-order valence-electron chi connectivity index (χ0n) is 17.4. The van der Waals surface area contributed by atoms with Gasteiger partial charge in [-0.05, 0) is 49.2 Å². The highest BCUT2D eigenvalue weighted by atomic mass is 16.5. The number of anilines is 1. The average Bonchev–Trinajstić information content (AvgIpc) is 2.81. The van der Waals surface area contributed by atoms with Crippen LogP contribution in [0.25, 0.3) is 11.0 Å². The first-order valence-corrected chi connectivity index (χ1v) is 10.3. The summed E-state index contributed by atoms with van der Waals surface area (Å²) in [6, 6.07) is 11.9. The summed E-state index contributed by atoms with van der Waals surface area (Å²) in [7, 11) is 0. The normalized spacial score (nSPS) is 18.3. The van der Waals surface area contributed by atoms with Gasteiger partial charge in [-0.25, -0.2) is 4.79 Å². The molecule has 1 saturated heterocycles. The Balaban J connectivity index is 1.42. The lowest BCUT2D eigenvalue weighted by atomic mass is 9.92. The van der Waals surface area contributed by atoms with Crippen LogP contribution in [0.2, 0.25) is 0 Å². The molecule has 9 heteroatoms. The minimum absolute atomic E-state index is 0.0823. The number of carbonyl (C=O) groups is 2. The third kappa shape index (κ3) is 4.94. The van der Waals surface area contributed by atoms with Gasteiger partial charge < -0.3 is 25.2 Å². The molecule has 0 spiro atoms. The van der Waals surface area contributed by atoms with E-state index in [9.17, 15) is 14.7 Å². The summed E-state index contributed by atoms with van der Waals surface area (Å²) in [5.74, 6) is -1.17. The first-order valence-electron chi connectivity index (χ1n) is 10.3. The van der Waals surface area contributed by atoms with Gasteiger partial charge in [-0.1, -0.05) is 6.07 Å². The van der Waals surface area contributed by atoms with E-state index in [1.807, 2.05) is 18.2 Å². The van der Waals surface area contributed by atoms with E-state index < -0.39 is 18.2 Å². The molecule has 3 aromatic rings. The average molecular weight is 436 g/mol. The lowest BCUT2D eigenvalue weighted by molar-refractivity contribution is -0.139. The minimum atomic E-state index is -1.10. The smallest absolute Gasteiger partial charge is 0.341 e. The largest absolute Gasteiger partial charge is 0.482 e. The van der Waals surface area contributed by atoms with Crippen molar-refractivity contribution < 1.29 is 24.5 Å². The molecule has 0 saturated carbocycles. The Bertz CT molecular complexity index is 1130. The van der Waals surface area contributed by atoms with Crippen LogP contribution in [0.4, 0.5) is 5.69 Å². The van der Waals surface area contributed by atoms with Crippen LogP contribution in [0.3, 0.4) is 0 Å². The quantitative estimate of drug-likeness (QED) is 0.513. The number of hydrogen-bond donors (Lipinski definition) is 3. The summed E-state index contributed by atoms with van der Waals surface area (Å²) in [6.45, 7) is 0.720. The van der Waals surface area contributed by atoms with Gasteiger partial charge in [-0.15, -0.1) is 0 Å². The number of nitrogens with zero attached hydrogens (tertiary/aromatic N) is 3. The zero-order chi connectivity index (χ0) is 22.6. The molecule has 1 aliphatic heterocycles. The fourth-order valence-electron chi connectivity index (χ4n) is 3.90. The van der Waals surface area contributed by atoms with Crippen molar-refractivity contribution in [3.63, 3.8) is 0 Å². The van der Waals surface area contributed by atoms with Crippen molar-refractivity contribution in [1.82, 2.24) is 15.3 Å². The molecule has 1 amide bonds. The summed E-state index contributed by atoms with van der Waals surface area (Å²) >= 11 is 0. The van der Waals surface area contributed by atoms with Gasteiger partial charge in [0.05, 0.1) is 16.8 Å². The Morgan fingerprint density at radius 1 is 1.16 bits per heavy atom. The summed E-state index contributed by atoms with van der Waals surface area (Å²) < 4.78 is 5.12. The third-order valence-electron chi connectivity index (χ3n) is 5.41. The number of hydrogen-bond acceptors (Lipinski definition) is 7. The number of amides is 1. The van der Waals surface area contributed by atoms with Crippen molar-refractivity contribution in [3.05, 3.63) is 60.4 Å². The molecule has 9 nitrogen and oxygen atoms in total. The summed E-state index contributed by atoms with van der Waals surface area (Å²) in [5.41, 5.74) is 1.70. The van der Waals surface area contributed by atoms with Crippen LogP contribution in [0.15, 0.2) is 54.9 Å². The summed E-state index contributed by atoms with van der Waals surface area (Å²) in [5, 5.41) is 22.7. The summed E-state index contributed by atoms with van der Waals surface area (Å²) in [4.78, 5) is 34.2. The number of nitrogens with one attached hydrogen (secondary N) is 1. The molecule has 4 rings (SSSR count). The predicted octanol–water partition coefficient (Wildman–Crippen LogP) is 1.85. The van der Waals surface area contributed by atoms with Gasteiger partial charge in [-0.2, -0.15) is 0 Å². The van der Waals surface area contributed by atoms with Crippen LogP contribution in [-0.4, -0.2) is 63.9 Å². The Hall–Kier alpha value is -3.72. The second-order valence-corrected chi connectivity index (χ2v) is 7.84. The standard InChI is InChI=1S/C23H24N4O5/c28-20(29)13-32-17-5-1-4-16(12-17)22(30)26-14-23(31)8-3-11-27(15-23)19-7-10-24-18-6-2-9-25-21(18)19/h1-2,4-7,9-10,12,31H,3,8,11,13-15H2,(H,26,30)(H,28,29). The number of β-amino-alcohol motifs (C(OH)–C–C–N with tert-alkyl or cyclic N) is 1. The molecular formula is C23H24N4O5. The van der Waals surface area contributed by atoms with E-state index >= 15 is 0 Å².